The molecule has 0 aliphatic heterocycles. The number of halogens is 1. The molecule has 100 valence electrons. The molecule has 1 fully saturated rings. The van der Waals surface area contributed by atoms with Crippen LogP contribution in [0, 0.1) is 5.92 Å². The molecule has 6 heteroatoms. The molecule has 19 heavy (non-hydrogen) atoms. The predicted molar refractivity (Wildman–Crippen MR) is 80.8 cm³/mol. The summed E-state index contributed by atoms with van der Waals surface area (Å²) in [7, 11) is 0. The van der Waals surface area contributed by atoms with Crippen molar-refractivity contribution in [3.05, 3.63) is 43.4 Å². The Morgan fingerprint density at radius 1 is 1.53 bits per heavy atom. The second-order valence-electron chi connectivity index (χ2n) is 4.76. The lowest BCUT2D eigenvalue weighted by Gasteiger charge is -2.07. The van der Waals surface area contributed by atoms with Crippen molar-refractivity contribution >= 4 is 33.0 Å². The van der Waals surface area contributed by atoms with E-state index in [1.807, 2.05) is 11.4 Å². The average Bonchev–Trinajstić information content (AvgIpc) is 3.14. The van der Waals surface area contributed by atoms with E-state index in [4.69, 9.17) is 0 Å². The number of thiophene rings is 1. The largest absolute Gasteiger partial charge is 0.383 e. The van der Waals surface area contributed by atoms with E-state index in [9.17, 15) is 4.79 Å². The topological polar surface area (TPSA) is 46.9 Å². The summed E-state index contributed by atoms with van der Waals surface area (Å²) < 4.78 is 2.51. The number of nitrogens with zero attached hydrogens (tertiary/aromatic N) is 2. The van der Waals surface area contributed by atoms with Crippen molar-refractivity contribution in [3.8, 4) is 0 Å². The second kappa shape index (κ2) is 5.46. The lowest BCUT2D eigenvalue weighted by molar-refractivity contribution is 0.644. The molecule has 0 atom stereocenters. The van der Waals surface area contributed by atoms with Crippen molar-refractivity contribution < 1.29 is 0 Å². The summed E-state index contributed by atoms with van der Waals surface area (Å²) in [6, 6.07) is 3.60. The van der Waals surface area contributed by atoms with Gasteiger partial charge in [0.05, 0.1) is 18.4 Å². The molecule has 3 rings (SSSR count). The summed E-state index contributed by atoms with van der Waals surface area (Å²) in [6.07, 6.45) is 4.32. The highest BCUT2D eigenvalue weighted by Crippen LogP contribution is 2.28. The Morgan fingerprint density at radius 2 is 2.37 bits per heavy atom. The highest BCUT2D eigenvalue weighted by atomic mass is 79.9. The summed E-state index contributed by atoms with van der Waals surface area (Å²) in [5.74, 6) is 0.782. The first-order chi connectivity index (χ1) is 9.22. The SMILES string of the molecule is O=c1cc(NCC2CC2)cnn1Cc1sccc1Br. The zero-order valence-corrected chi connectivity index (χ0v) is 12.7. The van der Waals surface area contributed by atoms with Gasteiger partial charge >= 0.3 is 0 Å². The van der Waals surface area contributed by atoms with E-state index in [1.54, 1.807) is 23.6 Å². The maximum atomic E-state index is 12.0. The Hall–Kier alpha value is -1.14. The fourth-order valence-electron chi connectivity index (χ4n) is 1.81. The van der Waals surface area contributed by atoms with E-state index < -0.39 is 0 Å². The third-order valence-corrected chi connectivity index (χ3v) is 5.06. The molecular weight excluding hydrogens is 326 g/mol. The van der Waals surface area contributed by atoms with E-state index in [1.165, 1.54) is 17.5 Å². The molecule has 4 nitrogen and oxygen atoms in total. The molecule has 0 saturated heterocycles. The van der Waals surface area contributed by atoms with Gasteiger partial charge < -0.3 is 5.32 Å². The van der Waals surface area contributed by atoms with Gasteiger partial charge in [-0.05, 0) is 46.1 Å². The summed E-state index contributed by atoms with van der Waals surface area (Å²) >= 11 is 5.08. The highest BCUT2D eigenvalue weighted by molar-refractivity contribution is 9.10. The van der Waals surface area contributed by atoms with Gasteiger partial charge in [-0.1, -0.05) is 0 Å². The van der Waals surface area contributed by atoms with Crippen molar-refractivity contribution in [1.29, 1.82) is 0 Å². The van der Waals surface area contributed by atoms with Crippen molar-refractivity contribution in [2.45, 2.75) is 19.4 Å². The van der Waals surface area contributed by atoms with Gasteiger partial charge in [-0.2, -0.15) is 5.10 Å². The van der Waals surface area contributed by atoms with Crippen LogP contribution in [0.1, 0.15) is 17.7 Å². The standard InChI is InChI=1S/C13H14BrN3OS/c14-11-3-4-19-12(11)8-17-13(18)5-10(7-16-17)15-6-9-1-2-9/h3-5,7,9,15H,1-2,6,8H2. The molecule has 2 aromatic rings. The van der Waals surface area contributed by atoms with E-state index in [0.29, 0.717) is 6.54 Å². The van der Waals surface area contributed by atoms with Gasteiger partial charge in [-0.25, -0.2) is 4.68 Å². The fourth-order valence-corrected chi connectivity index (χ4v) is 3.27. The molecule has 0 unspecified atom stereocenters. The molecule has 0 bridgehead atoms. The molecular formula is C13H14BrN3OS. The minimum Gasteiger partial charge on any atom is -0.383 e. The summed E-state index contributed by atoms with van der Waals surface area (Å²) in [4.78, 5) is 13.1. The van der Waals surface area contributed by atoms with E-state index in [0.717, 1.165) is 27.5 Å². The van der Waals surface area contributed by atoms with Crippen LogP contribution in [0.2, 0.25) is 0 Å². The number of rotatable bonds is 5. The van der Waals surface area contributed by atoms with Gasteiger partial charge in [0.15, 0.2) is 0 Å². The first kappa shape index (κ1) is 12.9. The Kier molecular flexibility index (Phi) is 3.70. The van der Waals surface area contributed by atoms with Gasteiger partial charge in [0.25, 0.3) is 5.56 Å². The molecule has 2 aromatic heterocycles. The average molecular weight is 340 g/mol. The Balaban J connectivity index is 1.72. The summed E-state index contributed by atoms with van der Waals surface area (Å²) in [5, 5.41) is 9.48. The molecule has 0 radical (unpaired) electrons. The van der Waals surface area contributed by atoms with E-state index in [2.05, 4.69) is 26.3 Å². The van der Waals surface area contributed by atoms with Crippen LogP contribution in [0.5, 0.6) is 0 Å². The predicted octanol–water partition coefficient (Wildman–Crippen LogP) is 2.94. The maximum absolute atomic E-state index is 12.0. The van der Waals surface area contributed by atoms with Crippen molar-refractivity contribution in [1.82, 2.24) is 9.78 Å². The lowest BCUT2D eigenvalue weighted by atomic mass is 10.4. The summed E-state index contributed by atoms with van der Waals surface area (Å²) in [6.45, 7) is 1.46. The van der Waals surface area contributed by atoms with Crippen LogP contribution < -0.4 is 10.9 Å². The van der Waals surface area contributed by atoms with Gasteiger partial charge in [0.2, 0.25) is 0 Å². The molecule has 0 spiro atoms. The smallest absolute Gasteiger partial charge is 0.269 e. The molecule has 1 aliphatic carbocycles. The minimum absolute atomic E-state index is 0.0684. The van der Waals surface area contributed by atoms with Crippen LogP contribution in [0.15, 0.2) is 33.0 Å². The quantitative estimate of drug-likeness (QED) is 0.910. The van der Waals surface area contributed by atoms with Crippen molar-refractivity contribution in [2.24, 2.45) is 5.92 Å². The molecule has 1 aliphatic rings. The van der Waals surface area contributed by atoms with Crippen LogP contribution in [0.4, 0.5) is 5.69 Å². The molecule has 0 aromatic carbocycles. The van der Waals surface area contributed by atoms with Crippen molar-refractivity contribution in [2.75, 3.05) is 11.9 Å². The number of nitrogens with one attached hydrogen (secondary N) is 1. The van der Waals surface area contributed by atoms with E-state index in [-0.39, 0.29) is 5.56 Å². The van der Waals surface area contributed by atoms with Crippen LogP contribution >= 0.6 is 27.3 Å². The van der Waals surface area contributed by atoms with Gasteiger partial charge in [-0.3, -0.25) is 4.79 Å². The van der Waals surface area contributed by atoms with Crippen molar-refractivity contribution in [3.63, 3.8) is 0 Å². The Labute approximate surface area is 123 Å². The first-order valence-corrected chi connectivity index (χ1v) is 7.92. The van der Waals surface area contributed by atoms with Crippen LogP contribution in [0.25, 0.3) is 0 Å². The van der Waals surface area contributed by atoms with Gasteiger partial charge in [0, 0.05) is 22.0 Å². The number of hydrogen-bond acceptors (Lipinski definition) is 4. The Bertz CT molecular complexity index is 633. The maximum Gasteiger partial charge on any atom is 0.269 e. The zero-order valence-electron chi connectivity index (χ0n) is 10.3. The van der Waals surface area contributed by atoms with Gasteiger partial charge in [0.1, 0.15) is 0 Å². The number of hydrogen-bond donors (Lipinski definition) is 1. The summed E-state index contributed by atoms with van der Waals surface area (Å²) in [5.41, 5.74) is 0.750. The molecule has 2 heterocycles. The zero-order chi connectivity index (χ0) is 13.2. The second-order valence-corrected chi connectivity index (χ2v) is 6.61. The molecule has 1 N–H and O–H groups in total. The van der Waals surface area contributed by atoms with Crippen LogP contribution in [0.3, 0.4) is 0 Å². The first-order valence-electron chi connectivity index (χ1n) is 6.25. The number of anilines is 1. The lowest BCUT2D eigenvalue weighted by Crippen LogP contribution is -2.23. The van der Waals surface area contributed by atoms with Gasteiger partial charge in [-0.15, -0.1) is 11.3 Å². The third-order valence-electron chi connectivity index (χ3n) is 3.15. The van der Waals surface area contributed by atoms with Crippen LogP contribution in [-0.4, -0.2) is 16.3 Å². The van der Waals surface area contributed by atoms with E-state index >= 15 is 0 Å². The monoisotopic (exact) mass is 339 g/mol. The Morgan fingerprint density at radius 3 is 3.00 bits per heavy atom. The van der Waals surface area contributed by atoms with Crippen LogP contribution in [-0.2, 0) is 6.54 Å². The molecule has 0 amide bonds. The normalized spacial score (nSPS) is 14.6. The molecule has 1 saturated carbocycles. The fraction of sp³-hybridized carbons (Fsp3) is 0.385. The minimum atomic E-state index is -0.0684. The third kappa shape index (κ3) is 3.25. The highest BCUT2D eigenvalue weighted by Gasteiger charge is 2.20. The number of aromatic nitrogens is 2.